The lowest BCUT2D eigenvalue weighted by Crippen LogP contribution is -2.46. The Morgan fingerprint density at radius 1 is 0.677 bits per heavy atom. The number of likely N-dealkylation sites (tertiary alicyclic amines) is 2. The number of amides is 3. The summed E-state index contributed by atoms with van der Waals surface area (Å²) in [6.07, 6.45) is 7.20. The average Bonchev–Trinajstić information content (AvgIpc) is 3.36. The lowest BCUT2D eigenvalue weighted by Gasteiger charge is -2.34. The summed E-state index contributed by atoms with van der Waals surface area (Å²) in [5.74, 6) is -0.176. The Morgan fingerprint density at radius 2 is 1.16 bits per heavy atom. The number of morpholine rings is 1. The van der Waals surface area contributed by atoms with Gasteiger partial charge in [0.15, 0.2) is 0 Å². The molecular weight excluding hydrogens is 394 g/mol. The van der Waals surface area contributed by atoms with Crippen LogP contribution in [0.5, 0.6) is 0 Å². The van der Waals surface area contributed by atoms with Gasteiger partial charge in [-0.15, -0.1) is 0 Å². The van der Waals surface area contributed by atoms with Crippen LogP contribution in [0.2, 0.25) is 0 Å². The van der Waals surface area contributed by atoms with E-state index in [4.69, 9.17) is 4.74 Å². The molecule has 0 aromatic heterocycles. The molecule has 176 valence electrons. The molecule has 3 aliphatic heterocycles. The van der Waals surface area contributed by atoms with E-state index < -0.39 is 0 Å². The highest BCUT2D eigenvalue weighted by molar-refractivity contribution is 5.84. The van der Waals surface area contributed by atoms with Crippen molar-refractivity contribution in [1.82, 2.24) is 14.7 Å². The van der Waals surface area contributed by atoms with E-state index in [1.54, 1.807) is 0 Å². The molecule has 0 radical (unpaired) electrons. The quantitative estimate of drug-likeness (QED) is 0.587. The van der Waals surface area contributed by atoms with Gasteiger partial charge in [0.25, 0.3) is 0 Å². The molecule has 3 fully saturated rings. The van der Waals surface area contributed by atoms with E-state index >= 15 is 0 Å². The van der Waals surface area contributed by atoms with Gasteiger partial charge in [-0.3, -0.25) is 14.4 Å². The van der Waals surface area contributed by atoms with E-state index in [-0.39, 0.29) is 35.5 Å². The van der Waals surface area contributed by atoms with Gasteiger partial charge in [-0.2, -0.15) is 0 Å². The SMILES string of the molecule is CCC(CC(CC(C)C(=O)N1CCCC1)C(=O)N1CCCCC1)C(=O)N1CCOCC1. The van der Waals surface area contributed by atoms with Gasteiger partial charge in [-0.25, -0.2) is 0 Å². The van der Waals surface area contributed by atoms with Crippen LogP contribution in [-0.4, -0.2) is 84.9 Å². The summed E-state index contributed by atoms with van der Waals surface area (Å²) in [7, 11) is 0. The predicted molar refractivity (Wildman–Crippen MR) is 119 cm³/mol. The third-order valence-electron chi connectivity index (χ3n) is 7.23. The summed E-state index contributed by atoms with van der Waals surface area (Å²) in [6.45, 7) is 9.69. The minimum atomic E-state index is -0.269. The van der Waals surface area contributed by atoms with Gasteiger partial charge in [0.05, 0.1) is 13.2 Å². The molecule has 0 N–H and O–H groups in total. The van der Waals surface area contributed by atoms with Crippen LogP contribution >= 0.6 is 0 Å². The number of rotatable bonds is 8. The molecule has 0 aromatic carbocycles. The number of piperidine rings is 1. The number of carbonyl (C=O) groups is 3. The molecular formula is C24H41N3O4. The van der Waals surface area contributed by atoms with Crippen LogP contribution in [-0.2, 0) is 19.1 Å². The van der Waals surface area contributed by atoms with E-state index in [9.17, 15) is 14.4 Å². The molecule has 3 aliphatic rings. The van der Waals surface area contributed by atoms with Crippen molar-refractivity contribution in [2.24, 2.45) is 17.8 Å². The number of ether oxygens (including phenoxy) is 1. The van der Waals surface area contributed by atoms with Crippen molar-refractivity contribution in [3.8, 4) is 0 Å². The fraction of sp³-hybridized carbons (Fsp3) is 0.875. The Hall–Kier alpha value is -1.63. The van der Waals surface area contributed by atoms with Crippen LogP contribution in [0.25, 0.3) is 0 Å². The van der Waals surface area contributed by atoms with Crippen molar-refractivity contribution in [2.75, 3.05) is 52.5 Å². The van der Waals surface area contributed by atoms with Crippen molar-refractivity contribution in [2.45, 2.75) is 65.2 Å². The summed E-state index contributed by atoms with van der Waals surface area (Å²) >= 11 is 0. The van der Waals surface area contributed by atoms with Gasteiger partial charge in [-0.05, 0) is 51.4 Å². The zero-order chi connectivity index (χ0) is 22.2. The highest BCUT2D eigenvalue weighted by Gasteiger charge is 2.35. The van der Waals surface area contributed by atoms with Crippen LogP contribution < -0.4 is 0 Å². The molecule has 3 heterocycles. The van der Waals surface area contributed by atoms with Gasteiger partial charge >= 0.3 is 0 Å². The Balaban J connectivity index is 1.69. The molecule has 0 aromatic rings. The standard InChI is InChI=1S/C24H41N3O4/c1-3-20(23(29)27-13-15-31-16-14-27)18-21(24(30)26-9-5-4-6-10-26)17-19(2)22(28)25-11-7-8-12-25/h19-21H,3-18H2,1-2H3. The van der Waals surface area contributed by atoms with Crippen molar-refractivity contribution < 1.29 is 19.1 Å². The number of carbonyl (C=O) groups excluding carboxylic acids is 3. The molecule has 3 rings (SSSR count). The maximum atomic E-state index is 13.5. The van der Waals surface area contributed by atoms with Gasteiger partial charge in [0.2, 0.25) is 17.7 Å². The Bertz CT molecular complexity index is 608. The van der Waals surface area contributed by atoms with Crippen molar-refractivity contribution in [1.29, 1.82) is 0 Å². The largest absolute Gasteiger partial charge is 0.378 e. The smallest absolute Gasteiger partial charge is 0.225 e. The van der Waals surface area contributed by atoms with Crippen molar-refractivity contribution in [3.05, 3.63) is 0 Å². The van der Waals surface area contributed by atoms with Gasteiger partial charge in [0.1, 0.15) is 0 Å². The third kappa shape index (κ3) is 6.43. The number of nitrogens with zero attached hydrogens (tertiary/aromatic N) is 3. The summed E-state index contributed by atoms with van der Waals surface area (Å²) in [4.78, 5) is 45.4. The molecule has 0 aliphatic carbocycles. The highest BCUT2D eigenvalue weighted by atomic mass is 16.5. The molecule has 3 unspecified atom stereocenters. The molecule has 7 heteroatoms. The minimum Gasteiger partial charge on any atom is -0.378 e. The zero-order valence-electron chi connectivity index (χ0n) is 19.5. The maximum Gasteiger partial charge on any atom is 0.225 e. The van der Waals surface area contributed by atoms with Crippen LogP contribution in [0.3, 0.4) is 0 Å². The molecule has 3 atom stereocenters. The molecule has 7 nitrogen and oxygen atoms in total. The maximum absolute atomic E-state index is 13.5. The van der Waals surface area contributed by atoms with Crippen LogP contribution in [0.1, 0.15) is 65.2 Å². The van der Waals surface area contributed by atoms with Crippen LogP contribution in [0.15, 0.2) is 0 Å². The monoisotopic (exact) mass is 435 g/mol. The Labute approximate surface area is 187 Å². The lowest BCUT2D eigenvalue weighted by atomic mass is 9.84. The molecule has 0 bridgehead atoms. The second-order valence-electron chi connectivity index (χ2n) is 9.53. The van der Waals surface area contributed by atoms with Crippen LogP contribution in [0, 0.1) is 17.8 Å². The van der Waals surface area contributed by atoms with E-state index in [0.29, 0.717) is 45.6 Å². The summed E-state index contributed by atoms with van der Waals surface area (Å²) in [5, 5.41) is 0. The fourth-order valence-electron chi connectivity index (χ4n) is 5.27. The highest BCUT2D eigenvalue weighted by Crippen LogP contribution is 2.28. The summed E-state index contributed by atoms with van der Waals surface area (Å²) < 4.78 is 5.39. The molecule has 0 spiro atoms. The van der Waals surface area contributed by atoms with E-state index in [1.807, 2.05) is 28.5 Å². The zero-order valence-corrected chi connectivity index (χ0v) is 19.5. The minimum absolute atomic E-state index is 0.140. The first-order chi connectivity index (χ1) is 15.0. The van der Waals surface area contributed by atoms with Crippen LogP contribution in [0.4, 0.5) is 0 Å². The topological polar surface area (TPSA) is 70.2 Å². The Morgan fingerprint density at radius 3 is 1.74 bits per heavy atom. The second-order valence-corrected chi connectivity index (χ2v) is 9.53. The van der Waals surface area contributed by atoms with Gasteiger partial charge < -0.3 is 19.4 Å². The molecule has 3 amide bonds. The first kappa shape index (κ1) is 24.0. The second kappa shape index (κ2) is 11.8. The Kier molecular flexibility index (Phi) is 9.17. The normalized spacial score (nSPS) is 22.8. The third-order valence-corrected chi connectivity index (χ3v) is 7.23. The molecule has 31 heavy (non-hydrogen) atoms. The van der Waals surface area contributed by atoms with Crippen molar-refractivity contribution >= 4 is 17.7 Å². The lowest BCUT2D eigenvalue weighted by molar-refractivity contribution is -0.143. The summed E-state index contributed by atoms with van der Waals surface area (Å²) in [5.41, 5.74) is 0. The van der Waals surface area contributed by atoms with E-state index in [2.05, 4.69) is 0 Å². The van der Waals surface area contributed by atoms with Gasteiger partial charge in [0, 0.05) is 57.0 Å². The number of hydrogen-bond donors (Lipinski definition) is 0. The molecule has 3 saturated heterocycles. The van der Waals surface area contributed by atoms with Gasteiger partial charge in [-0.1, -0.05) is 13.8 Å². The first-order valence-corrected chi connectivity index (χ1v) is 12.4. The van der Waals surface area contributed by atoms with E-state index in [0.717, 1.165) is 51.9 Å². The number of hydrogen-bond acceptors (Lipinski definition) is 4. The average molecular weight is 436 g/mol. The van der Waals surface area contributed by atoms with E-state index in [1.165, 1.54) is 6.42 Å². The predicted octanol–water partition coefficient (Wildman–Crippen LogP) is 2.54. The summed E-state index contributed by atoms with van der Waals surface area (Å²) in [6, 6.07) is 0. The fourth-order valence-corrected chi connectivity index (χ4v) is 5.27. The first-order valence-electron chi connectivity index (χ1n) is 12.4. The molecule has 0 saturated carbocycles. The van der Waals surface area contributed by atoms with Crippen molar-refractivity contribution in [3.63, 3.8) is 0 Å².